The van der Waals surface area contributed by atoms with E-state index in [0.717, 1.165) is 37.3 Å². The van der Waals surface area contributed by atoms with Crippen molar-refractivity contribution in [3.8, 4) is 0 Å². The number of anilines is 1. The highest BCUT2D eigenvalue weighted by Gasteiger charge is 2.11. The van der Waals surface area contributed by atoms with E-state index in [2.05, 4.69) is 27.8 Å². The monoisotopic (exact) mass is 350 g/mol. The highest BCUT2D eigenvalue weighted by atomic mass is 79.9. The summed E-state index contributed by atoms with van der Waals surface area (Å²) in [7, 11) is 0. The van der Waals surface area contributed by atoms with Crippen LogP contribution in [0.15, 0.2) is 46.9 Å². The van der Waals surface area contributed by atoms with Gasteiger partial charge in [0.2, 0.25) is 0 Å². The lowest BCUT2D eigenvalue weighted by Gasteiger charge is -2.22. The molecule has 0 amide bonds. The van der Waals surface area contributed by atoms with E-state index >= 15 is 0 Å². The summed E-state index contributed by atoms with van der Waals surface area (Å²) in [4.78, 5) is 2.31. The van der Waals surface area contributed by atoms with Gasteiger partial charge in [-0.05, 0) is 58.2 Å². The maximum atomic E-state index is 13.6. The largest absolute Gasteiger partial charge is 0.399 e. The number of halogens is 2. The molecule has 0 heterocycles. The van der Waals surface area contributed by atoms with Crippen molar-refractivity contribution in [2.24, 2.45) is 0 Å². The molecule has 0 fully saturated rings. The van der Waals surface area contributed by atoms with Crippen LogP contribution < -0.4 is 5.73 Å². The Morgan fingerprint density at radius 2 is 1.81 bits per heavy atom. The Kier molecular flexibility index (Phi) is 5.76. The van der Waals surface area contributed by atoms with Gasteiger partial charge in [0.05, 0.1) is 4.47 Å². The summed E-state index contributed by atoms with van der Waals surface area (Å²) < 4.78 is 14.2. The zero-order chi connectivity index (χ0) is 15.2. The third-order valence-corrected chi connectivity index (χ3v) is 4.24. The first-order chi connectivity index (χ1) is 10.1. The fourth-order valence-corrected chi connectivity index (χ4v) is 2.71. The Balaban J connectivity index is 2.11. The molecule has 0 aliphatic heterocycles. The van der Waals surface area contributed by atoms with E-state index in [0.29, 0.717) is 4.47 Å². The number of hydrogen-bond acceptors (Lipinski definition) is 2. The van der Waals surface area contributed by atoms with E-state index in [1.807, 2.05) is 30.3 Å². The van der Waals surface area contributed by atoms with Gasteiger partial charge in [-0.3, -0.25) is 4.90 Å². The molecule has 0 radical (unpaired) electrons. The molecule has 21 heavy (non-hydrogen) atoms. The van der Waals surface area contributed by atoms with Crippen molar-refractivity contribution >= 4 is 21.6 Å². The van der Waals surface area contributed by atoms with Crippen molar-refractivity contribution in [1.82, 2.24) is 4.90 Å². The van der Waals surface area contributed by atoms with Gasteiger partial charge in [-0.1, -0.05) is 31.2 Å². The van der Waals surface area contributed by atoms with Crippen molar-refractivity contribution in [1.29, 1.82) is 0 Å². The predicted octanol–water partition coefficient (Wildman–Crippen LogP) is 4.58. The first kappa shape index (κ1) is 16.0. The van der Waals surface area contributed by atoms with Crippen molar-refractivity contribution in [3.63, 3.8) is 0 Å². The second-order valence-electron chi connectivity index (χ2n) is 5.17. The molecule has 4 heteroatoms. The Hall–Kier alpha value is -1.39. The SMILES string of the molecule is CCCN(Cc1ccc(N)cc1)Cc1cccc(F)c1Br. The highest BCUT2D eigenvalue weighted by molar-refractivity contribution is 9.10. The fourth-order valence-electron chi connectivity index (χ4n) is 2.32. The molecule has 0 aliphatic carbocycles. The molecule has 112 valence electrons. The van der Waals surface area contributed by atoms with E-state index in [1.54, 1.807) is 6.07 Å². The normalized spacial score (nSPS) is 11.0. The van der Waals surface area contributed by atoms with Crippen LogP contribution in [0.5, 0.6) is 0 Å². The minimum absolute atomic E-state index is 0.212. The second-order valence-corrected chi connectivity index (χ2v) is 5.96. The van der Waals surface area contributed by atoms with Gasteiger partial charge >= 0.3 is 0 Å². The Bertz CT molecular complexity index is 584. The number of nitrogen functional groups attached to an aromatic ring is 1. The van der Waals surface area contributed by atoms with Crippen LogP contribution in [0.3, 0.4) is 0 Å². The number of benzene rings is 2. The van der Waals surface area contributed by atoms with Gasteiger partial charge in [-0.25, -0.2) is 4.39 Å². The Morgan fingerprint density at radius 1 is 1.10 bits per heavy atom. The first-order valence-corrected chi connectivity index (χ1v) is 7.89. The second kappa shape index (κ2) is 7.57. The van der Waals surface area contributed by atoms with Crippen LogP contribution in [0.4, 0.5) is 10.1 Å². The molecule has 0 saturated heterocycles. The molecule has 2 N–H and O–H groups in total. The van der Waals surface area contributed by atoms with Gasteiger partial charge in [0.25, 0.3) is 0 Å². The van der Waals surface area contributed by atoms with Crippen LogP contribution in [0.25, 0.3) is 0 Å². The smallest absolute Gasteiger partial charge is 0.137 e. The molecular formula is C17H20BrFN2. The maximum absolute atomic E-state index is 13.6. The molecule has 2 nitrogen and oxygen atoms in total. The molecule has 0 atom stereocenters. The van der Waals surface area contributed by atoms with E-state index in [1.165, 1.54) is 11.6 Å². The van der Waals surface area contributed by atoms with Crippen molar-refractivity contribution < 1.29 is 4.39 Å². The topological polar surface area (TPSA) is 29.3 Å². The summed E-state index contributed by atoms with van der Waals surface area (Å²) in [5.74, 6) is -0.212. The van der Waals surface area contributed by atoms with Crippen LogP contribution in [-0.4, -0.2) is 11.4 Å². The summed E-state index contributed by atoms with van der Waals surface area (Å²) in [5, 5.41) is 0. The number of hydrogen-bond donors (Lipinski definition) is 1. The van der Waals surface area contributed by atoms with E-state index in [4.69, 9.17) is 5.73 Å². The highest BCUT2D eigenvalue weighted by Crippen LogP contribution is 2.22. The lowest BCUT2D eigenvalue weighted by Crippen LogP contribution is -2.24. The predicted molar refractivity (Wildman–Crippen MR) is 89.4 cm³/mol. The first-order valence-electron chi connectivity index (χ1n) is 7.09. The lowest BCUT2D eigenvalue weighted by atomic mass is 10.1. The van der Waals surface area contributed by atoms with Crippen LogP contribution in [0.2, 0.25) is 0 Å². The maximum Gasteiger partial charge on any atom is 0.137 e. The molecule has 2 rings (SSSR count). The average Bonchev–Trinajstić information content (AvgIpc) is 2.46. The standard InChI is InChI=1S/C17H20BrFN2/c1-2-10-21(11-13-6-8-15(20)9-7-13)12-14-4-3-5-16(19)17(14)18/h3-9H,2,10-12,20H2,1H3. The number of rotatable bonds is 6. The number of nitrogens with two attached hydrogens (primary N) is 1. The van der Waals surface area contributed by atoms with Crippen molar-refractivity contribution in [3.05, 3.63) is 63.9 Å². The molecule has 2 aromatic carbocycles. The molecule has 2 aromatic rings. The molecule has 0 spiro atoms. The lowest BCUT2D eigenvalue weighted by molar-refractivity contribution is 0.256. The van der Waals surface area contributed by atoms with Crippen LogP contribution in [-0.2, 0) is 13.1 Å². The van der Waals surface area contributed by atoms with Crippen LogP contribution in [0, 0.1) is 5.82 Å². The minimum Gasteiger partial charge on any atom is -0.399 e. The minimum atomic E-state index is -0.212. The molecule has 0 aliphatic rings. The van der Waals surface area contributed by atoms with Gasteiger partial charge in [0, 0.05) is 18.8 Å². The quantitative estimate of drug-likeness (QED) is 0.772. The zero-order valence-electron chi connectivity index (χ0n) is 12.2. The Labute approximate surface area is 133 Å². The van der Waals surface area contributed by atoms with E-state index < -0.39 is 0 Å². The summed E-state index contributed by atoms with van der Waals surface area (Å²) in [5.41, 5.74) is 8.67. The number of nitrogens with zero attached hydrogens (tertiary/aromatic N) is 1. The molecule has 0 saturated carbocycles. The molecule has 0 aromatic heterocycles. The summed E-state index contributed by atoms with van der Waals surface area (Å²) >= 11 is 3.34. The molecule has 0 bridgehead atoms. The Morgan fingerprint density at radius 3 is 2.48 bits per heavy atom. The van der Waals surface area contributed by atoms with E-state index in [9.17, 15) is 4.39 Å². The van der Waals surface area contributed by atoms with Crippen molar-refractivity contribution in [2.75, 3.05) is 12.3 Å². The third kappa shape index (κ3) is 4.55. The summed E-state index contributed by atoms with van der Waals surface area (Å²) in [6.45, 7) is 4.66. The van der Waals surface area contributed by atoms with Crippen LogP contribution in [0.1, 0.15) is 24.5 Å². The summed E-state index contributed by atoms with van der Waals surface area (Å²) in [6, 6.07) is 13.1. The van der Waals surface area contributed by atoms with E-state index in [-0.39, 0.29) is 5.82 Å². The molecule has 0 unspecified atom stereocenters. The molecular weight excluding hydrogens is 331 g/mol. The van der Waals surface area contributed by atoms with Gasteiger partial charge in [0.15, 0.2) is 0 Å². The van der Waals surface area contributed by atoms with Gasteiger partial charge < -0.3 is 5.73 Å². The van der Waals surface area contributed by atoms with Gasteiger partial charge in [0.1, 0.15) is 5.82 Å². The van der Waals surface area contributed by atoms with Crippen molar-refractivity contribution in [2.45, 2.75) is 26.4 Å². The zero-order valence-corrected chi connectivity index (χ0v) is 13.7. The van der Waals surface area contributed by atoms with Gasteiger partial charge in [-0.15, -0.1) is 0 Å². The van der Waals surface area contributed by atoms with Crippen LogP contribution >= 0.6 is 15.9 Å². The third-order valence-electron chi connectivity index (χ3n) is 3.35. The summed E-state index contributed by atoms with van der Waals surface area (Å²) in [6.07, 6.45) is 1.06. The average molecular weight is 351 g/mol. The van der Waals surface area contributed by atoms with Gasteiger partial charge in [-0.2, -0.15) is 0 Å². The fraction of sp³-hybridized carbons (Fsp3) is 0.294.